The standard InChI is InChI=1S/C12H15N3O3S/c1-4-5-15(6-10(16)17)12(18)14-9(3)11-13-8(2)7-19-11/h1,7,9H,5-6H2,2-3H3,(H,14,18)(H,16,17). The summed E-state index contributed by atoms with van der Waals surface area (Å²) in [5.41, 5.74) is 0.882. The first-order valence-electron chi connectivity index (χ1n) is 5.56. The van der Waals surface area contributed by atoms with Crippen LogP contribution in [0.4, 0.5) is 4.79 Å². The Balaban J connectivity index is 2.65. The number of aromatic nitrogens is 1. The average Bonchev–Trinajstić information content (AvgIpc) is 2.74. The number of terminal acetylenes is 1. The molecule has 1 aromatic heterocycles. The molecule has 0 aliphatic rings. The zero-order valence-corrected chi connectivity index (χ0v) is 11.5. The van der Waals surface area contributed by atoms with Crippen LogP contribution in [0.15, 0.2) is 5.38 Å². The number of rotatable bonds is 5. The third kappa shape index (κ3) is 4.60. The van der Waals surface area contributed by atoms with Crippen molar-refractivity contribution in [3.05, 3.63) is 16.1 Å². The fourth-order valence-corrected chi connectivity index (χ4v) is 2.19. The molecule has 2 amide bonds. The zero-order chi connectivity index (χ0) is 14.4. The second-order valence-electron chi connectivity index (χ2n) is 3.95. The Labute approximate surface area is 115 Å². The second-order valence-corrected chi connectivity index (χ2v) is 4.84. The predicted octanol–water partition coefficient (Wildman–Crippen LogP) is 1.24. The van der Waals surface area contributed by atoms with Gasteiger partial charge in [0.1, 0.15) is 11.6 Å². The van der Waals surface area contributed by atoms with Crippen LogP contribution in [0.5, 0.6) is 0 Å². The first-order valence-corrected chi connectivity index (χ1v) is 6.44. The number of hydrogen-bond acceptors (Lipinski definition) is 4. The number of aliphatic carboxylic acids is 1. The number of carbonyl (C=O) groups is 2. The van der Waals surface area contributed by atoms with Gasteiger partial charge in [0.05, 0.1) is 12.6 Å². The summed E-state index contributed by atoms with van der Waals surface area (Å²) < 4.78 is 0. The van der Waals surface area contributed by atoms with Crippen LogP contribution in [0, 0.1) is 19.3 Å². The highest BCUT2D eigenvalue weighted by atomic mass is 32.1. The lowest BCUT2D eigenvalue weighted by atomic mass is 10.3. The summed E-state index contributed by atoms with van der Waals surface area (Å²) in [4.78, 5) is 27.9. The van der Waals surface area contributed by atoms with Gasteiger partial charge in [-0.15, -0.1) is 17.8 Å². The first-order chi connectivity index (χ1) is 8.93. The number of amides is 2. The van der Waals surface area contributed by atoms with Crippen molar-refractivity contribution < 1.29 is 14.7 Å². The van der Waals surface area contributed by atoms with Crippen LogP contribution in [0.2, 0.25) is 0 Å². The summed E-state index contributed by atoms with van der Waals surface area (Å²) in [6, 6.07) is -0.805. The highest BCUT2D eigenvalue weighted by molar-refractivity contribution is 7.09. The lowest BCUT2D eigenvalue weighted by Crippen LogP contribution is -2.43. The molecule has 0 aliphatic carbocycles. The van der Waals surface area contributed by atoms with E-state index in [0.29, 0.717) is 0 Å². The van der Waals surface area contributed by atoms with Crippen LogP contribution in [0.3, 0.4) is 0 Å². The van der Waals surface area contributed by atoms with Gasteiger partial charge in [0.2, 0.25) is 0 Å². The van der Waals surface area contributed by atoms with E-state index >= 15 is 0 Å². The Morgan fingerprint density at radius 2 is 2.37 bits per heavy atom. The SMILES string of the molecule is C#CCN(CC(=O)O)C(=O)NC(C)c1nc(C)cs1. The van der Waals surface area contributed by atoms with Gasteiger partial charge in [0.15, 0.2) is 0 Å². The maximum Gasteiger partial charge on any atom is 0.323 e. The van der Waals surface area contributed by atoms with E-state index in [2.05, 4.69) is 16.2 Å². The molecule has 1 aromatic rings. The van der Waals surface area contributed by atoms with Crippen LogP contribution >= 0.6 is 11.3 Å². The normalized spacial score (nSPS) is 11.4. The third-order valence-electron chi connectivity index (χ3n) is 2.24. The number of hydrogen-bond donors (Lipinski definition) is 2. The Hall–Kier alpha value is -2.07. The van der Waals surface area contributed by atoms with Crippen molar-refractivity contribution in [2.24, 2.45) is 0 Å². The van der Waals surface area contributed by atoms with E-state index in [-0.39, 0.29) is 12.6 Å². The lowest BCUT2D eigenvalue weighted by Gasteiger charge is -2.21. The van der Waals surface area contributed by atoms with Crippen molar-refractivity contribution in [1.82, 2.24) is 15.2 Å². The van der Waals surface area contributed by atoms with Crippen LogP contribution in [-0.2, 0) is 4.79 Å². The van der Waals surface area contributed by atoms with E-state index in [9.17, 15) is 9.59 Å². The average molecular weight is 281 g/mol. The minimum atomic E-state index is -1.11. The van der Waals surface area contributed by atoms with E-state index in [0.717, 1.165) is 15.6 Å². The number of carboxylic acids is 1. The second kappa shape index (κ2) is 6.75. The fraction of sp³-hybridized carbons (Fsp3) is 0.417. The molecule has 0 saturated carbocycles. The lowest BCUT2D eigenvalue weighted by molar-refractivity contribution is -0.137. The Bertz CT molecular complexity index is 507. The topological polar surface area (TPSA) is 82.5 Å². The minimum absolute atomic E-state index is 0.0538. The number of aryl methyl sites for hydroxylation is 1. The molecule has 1 unspecified atom stereocenters. The predicted molar refractivity (Wildman–Crippen MR) is 71.8 cm³/mol. The van der Waals surface area contributed by atoms with Crippen LogP contribution < -0.4 is 5.32 Å². The summed E-state index contributed by atoms with van der Waals surface area (Å²) in [5.74, 6) is 1.15. The molecule has 7 heteroatoms. The minimum Gasteiger partial charge on any atom is -0.480 e. The molecule has 2 N–H and O–H groups in total. The molecule has 1 atom stereocenters. The van der Waals surface area contributed by atoms with E-state index in [1.807, 2.05) is 12.3 Å². The summed E-state index contributed by atoms with van der Waals surface area (Å²) >= 11 is 1.44. The molecule has 0 spiro atoms. The van der Waals surface area contributed by atoms with E-state index < -0.39 is 18.5 Å². The molecule has 19 heavy (non-hydrogen) atoms. The molecule has 102 valence electrons. The molecule has 1 rings (SSSR count). The molecule has 0 saturated heterocycles. The van der Waals surface area contributed by atoms with Gasteiger partial charge in [0.25, 0.3) is 0 Å². The van der Waals surface area contributed by atoms with Crippen molar-refractivity contribution in [1.29, 1.82) is 0 Å². The molecule has 0 aliphatic heterocycles. The highest BCUT2D eigenvalue weighted by Gasteiger charge is 2.19. The zero-order valence-electron chi connectivity index (χ0n) is 10.7. The van der Waals surface area contributed by atoms with E-state index in [4.69, 9.17) is 11.5 Å². The summed E-state index contributed by atoms with van der Waals surface area (Å²) in [7, 11) is 0. The molecule has 1 heterocycles. The van der Waals surface area contributed by atoms with Crippen molar-refractivity contribution in [2.45, 2.75) is 19.9 Å². The number of carboxylic acid groups (broad SMARTS) is 1. The van der Waals surface area contributed by atoms with E-state index in [1.165, 1.54) is 11.3 Å². The van der Waals surface area contributed by atoms with Crippen LogP contribution in [-0.4, -0.2) is 40.1 Å². The third-order valence-corrected chi connectivity index (χ3v) is 3.39. The number of nitrogens with zero attached hydrogens (tertiary/aromatic N) is 2. The van der Waals surface area contributed by atoms with Gasteiger partial charge < -0.3 is 15.3 Å². The van der Waals surface area contributed by atoms with Crippen molar-refractivity contribution >= 4 is 23.3 Å². The summed E-state index contributed by atoms with van der Waals surface area (Å²) in [6.45, 7) is 3.16. The van der Waals surface area contributed by atoms with Crippen LogP contribution in [0.25, 0.3) is 0 Å². The van der Waals surface area contributed by atoms with Crippen molar-refractivity contribution in [3.63, 3.8) is 0 Å². The monoisotopic (exact) mass is 281 g/mol. The van der Waals surface area contributed by atoms with Gasteiger partial charge in [-0.05, 0) is 13.8 Å². The fourth-order valence-electron chi connectivity index (χ4n) is 1.38. The number of urea groups is 1. The Morgan fingerprint density at radius 3 is 2.84 bits per heavy atom. The largest absolute Gasteiger partial charge is 0.480 e. The van der Waals surface area contributed by atoms with Crippen molar-refractivity contribution in [2.75, 3.05) is 13.1 Å². The van der Waals surface area contributed by atoms with Gasteiger partial charge in [-0.25, -0.2) is 9.78 Å². The maximum atomic E-state index is 11.9. The molecule has 0 aromatic carbocycles. The number of nitrogens with one attached hydrogen (secondary N) is 1. The Kier molecular flexibility index (Phi) is 5.33. The summed E-state index contributed by atoms with van der Waals surface area (Å²) in [6.07, 6.45) is 5.11. The first kappa shape index (κ1) is 15.0. The van der Waals surface area contributed by atoms with Crippen LogP contribution in [0.1, 0.15) is 23.7 Å². The summed E-state index contributed by atoms with van der Waals surface area (Å²) in [5, 5.41) is 14.0. The molecule has 0 fully saturated rings. The molecule has 0 bridgehead atoms. The van der Waals surface area contributed by atoms with Gasteiger partial charge >= 0.3 is 12.0 Å². The van der Waals surface area contributed by atoms with Gasteiger partial charge in [-0.3, -0.25) is 4.79 Å². The number of carbonyl (C=O) groups excluding carboxylic acids is 1. The van der Waals surface area contributed by atoms with Gasteiger partial charge in [0, 0.05) is 11.1 Å². The molecular weight excluding hydrogens is 266 g/mol. The smallest absolute Gasteiger partial charge is 0.323 e. The van der Waals surface area contributed by atoms with Crippen molar-refractivity contribution in [3.8, 4) is 12.3 Å². The van der Waals surface area contributed by atoms with Gasteiger partial charge in [-0.1, -0.05) is 5.92 Å². The van der Waals surface area contributed by atoms with Gasteiger partial charge in [-0.2, -0.15) is 0 Å². The molecule has 6 nitrogen and oxygen atoms in total. The number of thiazole rings is 1. The maximum absolute atomic E-state index is 11.9. The quantitative estimate of drug-likeness (QED) is 0.796. The molecule has 0 radical (unpaired) electrons. The van der Waals surface area contributed by atoms with E-state index in [1.54, 1.807) is 6.92 Å². The Morgan fingerprint density at radius 1 is 1.68 bits per heavy atom. The highest BCUT2D eigenvalue weighted by Crippen LogP contribution is 2.17. The molecular formula is C12H15N3O3S.